The molecule has 252 valence electrons. The van der Waals surface area contributed by atoms with Crippen molar-refractivity contribution in [1.29, 1.82) is 0 Å². The van der Waals surface area contributed by atoms with E-state index in [4.69, 9.17) is 19.5 Å². The van der Waals surface area contributed by atoms with Crippen LogP contribution >= 0.6 is 0 Å². The molecular formula is C36H51N7O3Si. The minimum Gasteiger partial charge on any atom is -0.490 e. The van der Waals surface area contributed by atoms with E-state index in [1.165, 1.54) is 0 Å². The average molecular weight is 658 g/mol. The van der Waals surface area contributed by atoms with E-state index >= 15 is 0 Å². The maximum atomic E-state index is 14.1. The fourth-order valence-corrected chi connectivity index (χ4v) is 7.48. The Bertz CT molecular complexity index is 1620. The number of carbonyl (C=O) groups is 1. The first-order valence-corrected chi connectivity index (χ1v) is 20.9. The number of aryl methyl sites for hydroxylation is 2. The highest BCUT2D eigenvalue weighted by Crippen LogP contribution is 2.41. The highest BCUT2D eigenvalue weighted by atomic mass is 28.3. The van der Waals surface area contributed by atoms with E-state index in [1.54, 1.807) is 0 Å². The molecule has 1 fully saturated rings. The lowest BCUT2D eigenvalue weighted by molar-refractivity contribution is 0.100. The zero-order valence-electron chi connectivity index (χ0n) is 29.3. The van der Waals surface area contributed by atoms with Crippen LogP contribution in [-0.4, -0.2) is 85.7 Å². The van der Waals surface area contributed by atoms with Gasteiger partial charge in [-0.05, 0) is 82.3 Å². The topological polar surface area (TPSA) is 88.3 Å². The molecule has 10 nitrogen and oxygen atoms in total. The normalized spacial score (nSPS) is 20.7. The summed E-state index contributed by atoms with van der Waals surface area (Å²) in [7, 11) is 2.88. The molecule has 1 atom stereocenters. The standard InChI is InChI=1S/C36H51N7O3Si/c1-25-9-8-10-32-30(22-37-41(32)4)31-20-27(19-26(2)38-31)35(44)39-36-42(23-25)34-21-29(46-28-13-15-40(3)16-14-28)11-12-33(34)43(36)24-45-17-18-47(5,6)7/h11-12,19-22,25,28H,8-10,13-18,23-24H2,1-7H3/b39-36-/t25-/m1/s1. The van der Waals surface area contributed by atoms with Gasteiger partial charge < -0.3 is 19.3 Å². The Hall–Kier alpha value is -3.54. The molecule has 0 radical (unpaired) electrons. The summed E-state index contributed by atoms with van der Waals surface area (Å²) in [5.74, 6) is 1.51. The van der Waals surface area contributed by atoms with Crippen LogP contribution in [0.25, 0.3) is 11.3 Å². The molecule has 3 aliphatic heterocycles. The predicted octanol–water partition coefficient (Wildman–Crippen LogP) is 6.37. The predicted molar refractivity (Wildman–Crippen MR) is 191 cm³/mol. The van der Waals surface area contributed by atoms with Gasteiger partial charge in [0.15, 0.2) is 0 Å². The van der Waals surface area contributed by atoms with Gasteiger partial charge >= 0.3 is 0 Å². The number of aliphatic imine (C=N–C) groups is 1. The van der Waals surface area contributed by atoms with Gasteiger partial charge in [-0.25, -0.2) is 0 Å². The first kappa shape index (κ1) is 33.4. The Morgan fingerprint density at radius 2 is 1.81 bits per heavy atom. The van der Waals surface area contributed by atoms with Gasteiger partial charge in [-0.3, -0.25) is 19.4 Å². The summed E-state index contributed by atoms with van der Waals surface area (Å²) in [6.07, 6.45) is 7.01. The van der Waals surface area contributed by atoms with E-state index in [0.29, 0.717) is 30.8 Å². The van der Waals surface area contributed by atoms with E-state index in [2.05, 4.69) is 71.6 Å². The monoisotopic (exact) mass is 657 g/mol. The number of amides is 1. The van der Waals surface area contributed by atoms with Crippen molar-refractivity contribution in [2.75, 3.05) is 49.8 Å². The smallest absolute Gasteiger partial charge is 0.280 e. The third-order valence-electron chi connectivity index (χ3n) is 9.54. The molecular weight excluding hydrogens is 607 g/mol. The third-order valence-corrected chi connectivity index (χ3v) is 11.2. The van der Waals surface area contributed by atoms with Crippen molar-refractivity contribution >= 4 is 31.3 Å². The van der Waals surface area contributed by atoms with Crippen LogP contribution in [0, 0.1) is 12.8 Å². The van der Waals surface area contributed by atoms with E-state index in [-0.39, 0.29) is 12.0 Å². The second-order valence-corrected chi connectivity index (χ2v) is 20.5. The Labute approximate surface area is 280 Å². The van der Waals surface area contributed by atoms with Crippen LogP contribution in [0.3, 0.4) is 0 Å². The summed E-state index contributed by atoms with van der Waals surface area (Å²) in [4.78, 5) is 30.4. The summed E-state index contributed by atoms with van der Waals surface area (Å²) in [5.41, 5.74) is 6.16. The van der Waals surface area contributed by atoms with Crippen LogP contribution in [0.4, 0.5) is 11.4 Å². The first-order chi connectivity index (χ1) is 22.4. The van der Waals surface area contributed by atoms with Gasteiger partial charge in [0.25, 0.3) is 5.91 Å². The lowest BCUT2D eigenvalue weighted by Crippen LogP contribution is -2.42. The van der Waals surface area contributed by atoms with Crippen LogP contribution in [-0.2, 0) is 18.2 Å². The van der Waals surface area contributed by atoms with Crippen molar-refractivity contribution in [1.82, 2.24) is 19.7 Å². The maximum absolute atomic E-state index is 14.1. The minimum absolute atomic E-state index is 0.195. The molecule has 0 unspecified atom stereocenters. The van der Waals surface area contributed by atoms with Crippen LogP contribution in [0.15, 0.2) is 41.5 Å². The number of carbonyl (C=O) groups excluding carboxylic acids is 1. The number of hydrogen-bond acceptors (Lipinski definition) is 8. The number of benzene rings is 1. The van der Waals surface area contributed by atoms with Crippen molar-refractivity contribution in [2.45, 2.75) is 77.7 Å². The second kappa shape index (κ2) is 13.9. The molecule has 47 heavy (non-hydrogen) atoms. The summed E-state index contributed by atoms with van der Waals surface area (Å²) >= 11 is 0. The molecule has 3 aliphatic rings. The number of guanidine groups is 1. The van der Waals surface area contributed by atoms with Crippen LogP contribution in [0.5, 0.6) is 5.75 Å². The zero-order chi connectivity index (χ0) is 33.3. The molecule has 0 aliphatic carbocycles. The van der Waals surface area contributed by atoms with Gasteiger partial charge in [0.1, 0.15) is 18.6 Å². The number of piperidine rings is 1. The Morgan fingerprint density at radius 1 is 1.02 bits per heavy atom. The zero-order valence-corrected chi connectivity index (χ0v) is 30.3. The summed E-state index contributed by atoms with van der Waals surface area (Å²) in [6, 6.07) is 11.1. The number of nitrogens with zero attached hydrogens (tertiary/aromatic N) is 7. The molecule has 1 aromatic carbocycles. The lowest BCUT2D eigenvalue weighted by atomic mass is 9.99. The van der Waals surface area contributed by atoms with Gasteiger partial charge in [0.05, 0.1) is 23.3 Å². The molecule has 6 rings (SSSR count). The highest BCUT2D eigenvalue weighted by Gasteiger charge is 2.36. The Morgan fingerprint density at radius 3 is 2.57 bits per heavy atom. The molecule has 2 bridgehead atoms. The van der Waals surface area contributed by atoms with Crippen molar-refractivity contribution in [2.24, 2.45) is 18.0 Å². The number of likely N-dealkylation sites (tertiary alicyclic amines) is 1. The molecule has 1 saturated heterocycles. The quantitative estimate of drug-likeness (QED) is 0.214. The molecule has 11 heteroatoms. The van der Waals surface area contributed by atoms with Crippen molar-refractivity contribution in [3.8, 4) is 17.0 Å². The maximum Gasteiger partial charge on any atom is 0.280 e. The molecule has 5 heterocycles. The van der Waals surface area contributed by atoms with Gasteiger partial charge in [-0.15, -0.1) is 0 Å². The van der Waals surface area contributed by atoms with E-state index in [9.17, 15) is 4.79 Å². The Kier molecular flexibility index (Phi) is 9.87. The molecule has 0 saturated carbocycles. The lowest BCUT2D eigenvalue weighted by Gasteiger charge is -2.29. The first-order valence-electron chi connectivity index (χ1n) is 17.2. The van der Waals surface area contributed by atoms with Crippen molar-refractivity contribution in [3.05, 3.63) is 53.5 Å². The molecule has 1 amide bonds. The number of rotatable bonds is 7. The number of pyridine rings is 1. The molecule has 2 aromatic heterocycles. The molecule has 0 N–H and O–H groups in total. The number of hydrogen-bond donors (Lipinski definition) is 0. The van der Waals surface area contributed by atoms with Crippen LogP contribution < -0.4 is 14.5 Å². The fourth-order valence-electron chi connectivity index (χ4n) is 6.72. The number of anilines is 2. The molecule has 3 aromatic rings. The van der Waals surface area contributed by atoms with E-state index in [1.807, 2.05) is 37.0 Å². The van der Waals surface area contributed by atoms with Gasteiger partial charge in [-0.1, -0.05) is 26.6 Å². The van der Waals surface area contributed by atoms with Crippen molar-refractivity contribution in [3.63, 3.8) is 0 Å². The van der Waals surface area contributed by atoms with Gasteiger partial charge in [0.2, 0.25) is 5.96 Å². The summed E-state index contributed by atoms with van der Waals surface area (Å²) in [6.45, 7) is 15.1. The third kappa shape index (κ3) is 7.79. The van der Waals surface area contributed by atoms with Crippen molar-refractivity contribution < 1.29 is 14.3 Å². The Balaban J connectivity index is 1.39. The van der Waals surface area contributed by atoms with Crippen LogP contribution in [0.2, 0.25) is 25.7 Å². The number of ether oxygens (including phenoxy) is 2. The average Bonchev–Trinajstić information content (AvgIpc) is 3.51. The molecule has 0 spiro atoms. The SMILES string of the molecule is Cc1cc2cc(n1)-c1cnn(C)c1CCC[C@@H](C)CN1/C(=N/C2=O)N(COCC[Si](C)(C)C)c2ccc(OC3CCN(C)CC3)cc21. The van der Waals surface area contributed by atoms with E-state index < -0.39 is 8.07 Å². The fraction of sp³-hybridized carbons (Fsp3) is 0.556. The number of fused-ring (bicyclic) bond motifs is 7. The van der Waals surface area contributed by atoms with E-state index in [0.717, 1.165) is 97.6 Å². The highest BCUT2D eigenvalue weighted by molar-refractivity contribution is 6.76. The minimum atomic E-state index is -1.27. The summed E-state index contributed by atoms with van der Waals surface area (Å²) < 4.78 is 14.8. The van der Waals surface area contributed by atoms with Gasteiger partial charge in [-0.2, -0.15) is 10.1 Å². The van der Waals surface area contributed by atoms with Crippen LogP contribution in [0.1, 0.15) is 54.4 Å². The largest absolute Gasteiger partial charge is 0.490 e. The summed E-state index contributed by atoms with van der Waals surface area (Å²) in [5, 5.41) is 4.56. The number of aromatic nitrogens is 3. The van der Waals surface area contributed by atoms with Gasteiger partial charge in [0, 0.05) is 69.9 Å². The second-order valence-electron chi connectivity index (χ2n) is 14.9.